The minimum atomic E-state index is -0.550. The molecule has 0 radical (unpaired) electrons. The van der Waals surface area contributed by atoms with Crippen molar-refractivity contribution in [2.45, 2.75) is 18.4 Å². The number of nitrogens with two attached hydrogens (primary N) is 2. The van der Waals surface area contributed by atoms with Crippen molar-refractivity contribution in [2.75, 3.05) is 31.8 Å². The maximum atomic E-state index is 5.79. The Hall–Kier alpha value is -2.12. The van der Waals surface area contributed by atoms with Gasteiger partial charge in [0.15, 0.2) is 0 Å². The Morgan fingerprint density at radius 3 is 2.43 bits per heavy atom. The Balaban J connectivity index is 1.95. The summed E-state index contributed by atoms with van der Waals surface area (Å²) in [5, 5.41) is 4.07. The van der Waals surface area contributed by atoms with Gasteiger partial charge < -0.3 is 25.5 Å². The zero-order chi connectivity index (χ0) is 14.9. The van der Waals surface area contributed by atoms with Crippen molar-refractivity contribution in [3.05, 3.63) is 24.0 Å². The van der Waals surface area contributed by atoms with Gasteiger partial charge in [-0.25, -0.2) is 0 Å². The minimum absolute atomic E-state index is 0.381. The standard InChI is InChI=1S/C14H18N4O3/c1-19-14(2-4-20-5-3-14)13-17-12(21-18-13)9-6-10(15)8-11(16)7-9/h6-8H,2-5,15-16H2,1H3. The van der Waals surface area contributed by atoms with Crippen LogP contribution in [-0.2, 0) is 15.1 Å². The van der Waals surface area contributed by atoms with Gasteiger partial charge >= 0.3 is 0 Å². The van der Waals surface area contributed by atoms with E-state index in [0.29, 0.717) is 54.7 Å². The zero-order valence-corrected chi connectivity index (χ0v) is 11.8. The zero-order valence-electron chi connectivity index (χ0n) is 11.8. The first-order chi connectivity index (χ1) is 10.1. The van der Waals surface area contributed by atoms with Gasteiger partial charge in [0.1, 0.15) is 5.60 Å². The normalized spacial score (nSPS) is 17.8. The summed E-state index contributed by atoms with van der Waals surface area (Å²) in [5.41, 5.74) is 12.8. The quantitative estimate of drug-likeness (QED) is 0.825. The first-order valence-electron chi connectivity index (χ1n) is 6.76. The van der Waals surface area contributed by atoms with Crippen molar-refractivity contribution in [3.8, 4) is 11.5 Å². The van der Waals surface area contributed by atoms with Gasteiger partial charge in [-0.15, -0.1) is 0 Å². The molecule has 7 heteroatoms. The number of aromatic nitrogens is 2. The Morgan fingerprint density at radius 2 is 1.81 bits per heavy atom. The van der Waals surface area contributed by atoms with E-state index < -0.39 is 5.60 Å². The number of nitrogen functional groups attached to an aromatic ring is 2. The predicted octanol–water partition coefficient (Wildman–Crippen LogP) is 1.55. The van der Waals surface area contributed by atoms with Gasteiger partial charge in [-0.1, -0.05) is 5.16 Å². The van der Waals surface area contributed by atoms with Gasteiger partial charge in [0.2, 0.25) is 5.82 Å². The topological polar surface area (TPSA) is 109 Å². The lowest BCUT2D eigenvalue weighted by molar-refractivity contribution is -0.101. The van der Waals surface area contributed by atoms with Crippen LogP contribution in [0.4, 0.5) is 11.4 Å². The molecule has 21 heavy (non-hydrogen) atoms. The molecule has 0 saturated carbocycles. The number of nitrogens with zero attached hydrogens (tertiary/aromatic N) is 2. The van der Waals surface area contributed by atoms with E-state index in [2.05, 4.69) is 10.1 Å². The summed E-state index contributed by atoms with van der Waals surface area (Å²) in [6.45, 7) is 1.23. The molecule has 0 amide bonds. The van der Waals surface area contributed by atoms with Crippen molar-refractivity contribution < 1.29 is 14.0 Å². The Bertz CT molecular complexity index is 615. The summed E-state index contributed by atoms with van der Waals surface area (Å²) < 4.78 is 16.4. The van der Waals surface area contributed by atoms with Gasteiger partial charge in [0.05, 0.1) is 0 Å². The van der Waals surface area contributed by atoms with Crippen molar-refractivity contribution in [3.63, 3.8) is 0 Å². The fraction of sp³-hybridized carbons (Fsp3) is 0.429. The Labute approximate surface area is 122 Å². The van der Waals surface area contributed by atoms with E-state index in [4.69, 9.17) is 25.5 Å². The van der Waals surface area contributed by atoms with Gasteiger partial charge in [-0.05, 0) is 18.2 Å². The van der Waals surface area contributed by atoms with Crippen molar-refractivity contribution in [1.82, 2.24) is 10.1 Å². The molecule has 2 aromatic rings. The van der Waals surface area contributed by atoms with Crippen LogP contribution in [0.15, 0.2) is 22.7 Å². The highest BCUT2D eigenvalue weighted by Gasteiger charge is 2.39. The number of methoxy groups -OCH3 is 1. The summed E-state index contributed by atoms with van der Waals surface area (Å²) in [6, 6.07) is 5.17. The third kappa shape index (κ3) is 2.57. The fourth-order valence-electron chi connectivity index (χ4n) is 2.55. The van der Waals surface area contributed by atoms with Crippen molar-refractivity contribution >= 4 is 11.4 Å². The van der Waals surface area contributed by atoms with Gasteiger partial charge in [-0.2, -0.15) is 4.98 Å². The maximum absolute atomic E-state index is 5.79. The second kappa shape index (κ2) is 5.34. The van der Waals surface area contributed by atoms with E-state index in [1.54, 1.807) is 25.3 Å². The SMILES string of the molecule is COC1(c2noc(-c3cc(N)cc(N)c3)n2)CCOCC1. The summed E-state index contributed by atoms with van der Waals surface area (Å²) in [4.78, 5) is 4.46. The fourth-order valence-corrected chi connectivity index (χ4v) is 2.55. The molecule has 3 rings (SSSR count). The summed E-state index contributed by atoms with van der Waals surface area (Å²) in [6.07, 6.45) is 1.39. The highest BCUT2D eigenvalue weighted by atomic mass is 16.5. The molecule has 1 aromatic carbocycles. The number of anilines is 2. The maximum Gasteiger partial charge on any atom is 0.258 e. The van der Waals surface area contributed by atoms with E-state index in [1.165, 1.54) is 0 Å². The van der Waals surface area contributed by atoms with Crippen molar-refractivity contribution in [2.24, 2.45) is 0 Å². The smallest absolute Gasteiger partial charge is 0.258 e. The molecule has 0 spiro atoms. The number of benzene rings is 1. The molecule has 1 fully saturated rings. The van der Waals surface area contributed by atoms with Gasteiger partial charge in [0.25, 0.3) is 5.89 Å². The molecule has 112 valence electrons. The highest BCUT2D eigenvalue weighted by Crippen LogP contribution is 2.35. The van der Waals surface area contributed by atoms with Crippen LogP contribution < -0.4 is 11.5 Å². The number of ether oxygens (including phenoxy) is 2. The lowest BCUT2D eigenvalue weighted by Gasteiger charge is -2.32. The van der Waals surface area contributed by atoms with Crippen LogP contribution in [0.1, 0.15) is 18.7 Å². The first kappa shape index (κ1) is 13.8. The Morgan fingerprint density at radius 1 is 1.14 bits per heavy atom. The van der Waals surface area contributed by atoms with E-state index in [1.807, 2.05) is 0 Å². The van der Waals surface area contributed by atoms with Gasteiger partial charge in [0, 0.05) is 50.1 Å². The predicted molar refractivity (Wildman–Crippen MR) is 77.3 cm³/mol. The third-order valence-electron chi connectivity index (χ3n) is 3.75. The number of hydrogen-bond donors (Lipinski definition) is 2. The van der Waals surface area contributed by atoms with Crippen LogP contribution in [0.2, 0.25) is 0 Å². The van der Waals surface area contributed by atoms with Crippen LogP contribution in [0.25, 0.3) is 11.5 Å². The lowest BCUT2D eigenvalue weighted by Crippen LogP contribution is -2.36. The highest BCUT2D eigenvalue weighted by molar-refractivity contribution is 5.67. The summed E-state index contributed by atoms with van der Waals surface area (Å²) in [7, 11) is 1.65. The van der Waals surface area contributed by atoms with Crippen LogP contribution in [0.5, 0.6) is 0 Å². The molecule has 0 bridgehead atoms. The lowest BCUT2D eigenvalue weighted by atomic mass is 9.93. The monoisotopic (exact) mass is 290 g/mol. The van der Waals surface area contributed by atoms with Gasteiger partial charge in [-0.3, -0.25) is 0 Å². The second-order valence-electron chi connectivity index (χ2n) is 5.12. The summed E-state index contributed by atoms with van der Waals surface area (Å²) in [5.74, 6) is 0.913. The van der Waals surface area contributed by atoms with Crippen LogP contribution in [-0.4, -0.2) is 30.5 Å². The van der Waals surface area contributed by atoms with Crippen LogP contribution in [0.3, 0.4) is 0 Å². The molecule has 1 aliphatic rings. The largest absolute Gasteiger partial charge is 0.399 e. The average molecular weight is 290 g/mol. The van der Waals surface area contributed by atoms with E-state index >= 15 is 0 Å². The van der Waals surface area contributed by atoms with E-state index in [0.717, 1.165) is 0 Å². The van der Waals surface area contributed by atoms with E-state index in [-0.39, 0.29) is 0 Å². The summed E-state index contributed by atoms with van der Waals surface area (Å²) >= 11 is 0. The molecular weight excluding hydrogens is 272 g/mol. The first-order valence-corrected chi connectivity index (χ1v) is 6.76. The Kier molecular flexibility index (Phi) is 3.52. The molecule has 1 aromatic heterocycles. The van der Waals surface area contributed by atoms with Crippen LogP contribution >= 0.6 is 0 Å². The molecule has 7 nitrogen and oxygen atoms in total. The molecule has 0 aliphatic carbocycles. The molecular formula is C14H18N4O3. The minimum Gasteiger partial charge on any atom is -0.399 e. The number of rotatable bonds is 3. The molecule has 1 aliphatic heterocycles. The van der Waals surface area contributed by atoms with E-state index in [9.17, 15) is 0 Å². The molecule has 2 heterocycles. The molecule has 4 N–H and O–H groups in total. The van der Waals surface area contributed by atoms with Crippen molar-refractivity contribution in [1.29, 1.82) is 0 Å². The molecule has 0 unspecified atom stereocenters. The average Bonchev–Trinajstić information content (AvgIpc) is 2.97. The van der Waals surface area contributed by atoms with Crippen LogP contribution in [0, 0.1) is 0 Å². The third-order valence-corrected chi connectivity index (χ3v) is 3.75. The number of hydrogen-bond acceptors (Lipinski definition) is 7. The molecule has 1 saturated heterocycles. The molecule has 0 atom stereocenters. The second-order valence-corrected chi connectivity index (χ2v) is 5.12.